The summed E-state index contributed by atoms with van der Waals surface area (Å²) in [6.45, 7) is -1.37. The third-order valence-electron chi connectivity index (χ3n) is 3.48. The molecule has 3 aromatic rings. The third kappa shape index (κ3) is 3.53. The van der Waals surface area contributed by atoms with Gasteiger partial charge in [-0.25, -0.2) is 4.98 Å². The molecule has 0 atom stereocenters. The van der Waals surface area contributed by atoms with Crippen molar-refractivity contribution in [2.45, 2.75) is 6.18 Å². The average molecular weight is 330 g/mol. The van der Waals surface area contributed by atoms with Crippen LogP contribution < -0.4 is 5.32 Å². The van der Waals surface area contributed by atoms with Crippen LogP contribution in [0.4, 0.5) is 13.2 Å². The van der Waals surface area contributed by atoms with Crippen molar-refractivity contribution in [3.05, 3.63) is 66.2 Å². The third-order valence-corrected chi connectivity index (χ3v) is 3.48. The topological polar surface area (TPSA) is 42.0 Å². The highest BCUT2D eigenvalue weighted by Gasteiger charge is 2.28. The highest BCUT2D eigenvalue weighted by atomic mass is 19.4. The highest BCUT2D eigenvalue weighted by molar-refractivity contribution is 6.07. The van der Waals surface area contributed by atoms with E-state index in [1.165, 1.54) is 6.07 Å². The van der Waals surface area contributed by atoms with Crippen LogP contribution in [0.2, 0.25) is 0 Å². The van der Waals surface area contributed by atoms with Gasteiger partial charge in [-0.1, -0.05) is 48.5 Å². The molecule has 3 rings (SSSR count). The van der Waals surface area contributed by atoms with E-state index in [9.17, 15) is 18.0 Å². The summed E-state index contributed by atoms with van der Waals surface area (Å²) in [7, 11) is 0. The number of pyridine rings is 1. The molecule has 1 heterocycles. The zero-order valence-corrected chi connectivity index (χ0v) is 12.5. The Hall–Kier alpha value is -2.89. The van der Waals surface area contributed by atoms with E-state index in [4.69, 9.17) is 0 Å². The smallest absolute Gasteiger partial charge is 0.343 e. The highest BCUT2D eigenvalue weighted by Crippen LogP contribution is 2.25. The van der Waals surface area contributed by atoms with Crippen molar-refractivity contribution in [3.63, 3.8) is 0 Å². The minimum atomic E-state index is -4.46. The van der Waals surface area contributed by atoms with Crippen LogP contribution in [-0.2, 0) is 0 Å². The van der Waals surface area contributed by atoms with Crippen LogP contribution in [0.1, 0.15) is 10.4 Å². The van der Waals surface area contributed by atoms with E-state index in [0.29, 0.717) is 16.6 Å². The second-order valence-corrected chi connectivity index (χ2v) is 5.24. The van der Waals surface area contributed by atoms with Crippen LogP contribution in [0.5, 0.6) is 0 Å². The molecule has 0 radical (unpaired) electrons. The molecule has 0 aliphatic rings. The summed E-state index contributed by atoms with van der Waals surface area (Å²) >= 11 is 0. The Balaban J connectivity index is 2.07. The number of aromatic nitrogens is 1. The van der Waals surface area contributed by atoms with Crippen LogP contribution in [-0.4, -0.2) is 23.6 Å². The fourth-order valence-electron chi connectivity index (χ4n) is 2.40. The second kappa shape index (κ2) is 6.31. The zero-order valence-electron chi connectivity index (χ0n) is 12.5. The SMILES string of the molecule is O=C(NCC(F)(F)F)c1cc(-c2ccccc2)nc2ccccc12. The van der Waals surface area contributed by atoms with Gasteiger partial charge in [-0.3, -0.25) is 4.79 Å². The summed E-state index contributed by atoms with van der Waals surface area (Å²) in [5.74, 6) is -0.775. The first-order valence-corrected chi connectivity index (χ1v) is 7.24. The molecule has 0 spiro atoms. The van der Waals surface area contributed by atoms with E-state index >= 15 is 0 Å². The van der Waals surface area contributed by atoms with Gasteiger partial charge in [0.1, 0.15) is 6.54 Å². The van der Waals surface area contributed by atoms with Gasteiger partial charge in [0.2, 0.25) is 0 Å². The van der Waals surface area contributed by atoms with E-state index in [2.05, 4.69) is 4.98 Å². The van der Waals surface area contributed by atoms with Gasteiger partial charge < -0.3 is 5.32 Å². The molecule has 0 aliphatic carbocycles. The molecule has 0 bridgehead atoms. The van der Waals surface area contributed by atoms with Gasteiger partial charge in [0.25, 0.3) is 5.91 Å². The number of amides is 1. The normalized spacial score (nSPS) is 11.5. The second-order valence-electron chi connectivity index (χ2n) is 5.24. The van der Waals surface area contributed by atoms with Gasteiger partial charge in [-0.2, -0.15) is 13.2 Å². The summed E-state index contributed by atoms with van der Waals surface area (Å²) in [6, 6.07) is 17.6. The predicted molar refractivity (Wildman–Crippen MR) is 85.6 cm³/mol. The Labute approximate surface area is 136 Å². The van der Waals surface area contributed by atoms with Crippen molar-refractivity contribution in [2.75, 3.05) is 6.54 Å². The van der Waals surface area contributed by atoms with Crippen molar-refractivity contribution in [1.29, 1.82) is 0 Å². The Bertz CT molecular complexity index is 876. The lowest BCUT2D eigenvalue weighted by molar-refractivity contribution is -0.123. The first-order chi connectivity index (χ1) is 11.4. The maximum Gasteiger partial charge on any atom is 0.405 e. The summed E-state index contributed by atoms with van der Waals surface area (Å²) in [6.07, 6.45) is -4.46. The molecule has 3 nitrogen and oxygen atoms in total. The quantitative estimate of drug-likeness (QED) is 0.782. The number of halogens is 3. The number of nitrogens with one attached hydrogen (secondary N) is 1. The Kier molecular flexibility index (Phi) is 4.20. The van der Waals surface area contributed by atoms with Gasteiger partial charge in [0, 0.05) is 10.9 Å². The number of hydrogen-bond acceptors (Lipinski definition) is 2. The molecule has 1 amide bonds. The number of fused-ring (bicyclic) bond motifs is 1. The van der Waals surface area contributed by atoms with Gasteiger partial charge in [-0.15, -0.1) is 0 Å². The molecule has 1 aromatic heterocycles. The number of benzene rings is 2. The number of carbonyl (C=O) groups excluding carboxylic acids is 1. The number of alkyl halides is 3. The van der Waals surface area contributed by atoms with Gasteiger partial charge in [0.15, 0.2) is 0 Å². The number of rotatable bonds is 3. The van der Waals surface area contributed by atoms with Gasteiger partial charge in [0.05, 0.1) is 16.8 Å². The Morgan fingerprint density at radius 1 is 1.00 bits per heavy atom. The lowest BCUT2D eigenvalue weighted by atomic mass is 10.0. The Morgan fingerprint density at radius 2 is 1.67 bits per heavy atom. The average Bonchev–Trinajstić information content (AvgIpc) is 2.59. The minimum absolute atomic E-state index is 0.170. The van der Waals surface area contributed by atoms with E-state index in [0.717, 1.165) is 5.56 Å². The molecule has 2 aromatic carbocycles. The lowest BCUT2D eigenvalue weighted by Crippen LogP contribution is -2.33. The van der Waals surface area contributed by atoms with Crippen molar-refractivity contribution in [3.8, 4) is 11.3 Å². The minimum Gasteiger partial charge on any atom is -0.343 e. The first-order valence-electron chi connectivity index (χ1n) is 7.24. The van der Waals surface area contributed by atoms with Gasteiger partial charge in [-0.05, 0) is 12.1 Å². The van der Waals surface area contributed by atoms with E-state index in [1.54, 1.807) is 24.3 Å². The van der Waals surface area contributed by atoms with Crippen molar-refractivity contribution < 1.29 is 18.0 Å². The molecular weight excluding hydrogens is 317 g/mol. The van der Waals surface area contributed by atoms with E-state index in [-0.39, 0.29) is 5.56 Å². The molecule has 0 aliphatic heterocycles. The van der Waals surface area contributed by atoms with Crippen LogP contribution in [0, 0.1) is 0 Å². The first kappa shape index (κ1) is 16.0. The zero-order chi connectivity index (χ0) is 17.2. The molecule has 0 unspecified atom stereocenters. The molecular formula is C18H13F3N2O. The number of hydrogen-bond donors (Lipinski definition) is 1. The van der Waals surface area contributed by atoms with Crippen LogP contribution in [0.3, 0.4) is 0 Å². The maximum absolute atomic E-state index is 12.4. The van der Waals surface area contributed by atoms with E-state index in [1.807, 2.05) is 35.6 Å². The molecule has 0 saturated carbocycles. The number of para-hydroxylation sites is 1. The molecule has 122 valence electrons. The fraction of sp³-hybridized carbons (Fsp3) is 0.111. The maximum atomic E-state index is 12.4. The standard InChI is InChI=1S/C18H13F3N2O/c19-18(20,21)11-22-17(24)14-10-16(12-6-2-1-3-7-12)23-15-9-5-4-8-13(14)15/h1-10H,11H2,(H,22,24). The molecule has 24 heavy (non-hydrogen) atoms. The molecule has 0 fully saturated rings. The van der Waals surface area contributed by atoms with Crippen LogP contribution in [0.25, 0.3) is 22.2 Å². The number of nitrogens with zero attached hydrogens (tertiary/aromatic N) is 1. The molecule has 0 saturated heterocycles. The monoisotopic (exact) mass is 330 g/mol. The Morgan fingerprint density at radius 3 is 2.38 bits per heavy atom. The van der Waals surface area contributed by atoms with Crippen LogP contribution >= 0.6 is 0 Å². The van der Waals surface area contributed by atoms with Crippen molar-refractivity contribution >= 4 is 16.8 Å². The predicted octanol–water partition coefficient (Wildman–Crippen LogP) is 4.19. The summed E-state index contributed by atoms with van der Waals surface area (Å²) in [4.78, 5) is 16.7. The number of carbonyl (C=O) groups is 1. The van der Waals surface area contributed by atoms with Crippen LogP contribution in [0.15, 0.2) is 60.7 Å². The lowest BCUT2D eigenvalue weighted by Gasteiger charge is -2.12. The molecule has 1 N–H and O–H groups in total. The van der Waals surface area contributed by atoms with Crippen molar-refractivity contribution in [1.82, 2.24) is 10.3 Å². The molecule has 6 heteroatoms. The summed E-state index contributed by atoms with van der Waals surface area (Å²) in [5.41, 5.74) is 2.04. The van der Waals surface area contributed by atoms with Gasteiger partial charge >= 0.3 is 6.18 Å². The summed E-state index contributed by atoms with van der Waals surface area (Å²) < 4.78 is 37.1. The summed E-state index contributed by atoms with van der Waals surface area (Å²) in [5, 5.41) is 2.43. The largest absolute Gasteiger partial charge is 0.405 e. The fourth-order valence-corrected chi connectivity index (χ4v) is 2.40. The van der Waals surface area contributed by atoms with E-state index < -0.39 is 18.6 Å². The van der Waals surface area contributed by atoms with Crippen molar-refractivity contribution in [2.24, 2.45) is 0 Å².